The highest BCUT2D eigenvalue weighted by molar-refractivity contribution is 5.95. The molecule has 1 N–H and O–H groups in total. The highest BCUT2D eigenvalue weighted by atomic mass is 16.5. The number of benzene rings is 1. The molecule has 4 heteroatoms. The molecule has 0 spiro atoms. The van der Waals surface area contributed by atoms with Crippen molar-refractivity contribution >= 4 is 5.91 Å². The average Bonchev–Trinajstić information content (AvgIpc) is 3.32. The number of carbonyl (C=O) groups excluding carboxylic acids is 1. The van der Waals surface area contributed by atoms with Gasteiger partial charge >= 0.3 is 0 Å². The minimum absolute atomic E-state index is 0.0207. The molecule has 2 heterocycles. The molecule has 1 aliphatic heterocycles. The monoisotopic (exact) mass is 324 g/mol. The number of hydrogen-bond donors (Lipinski definition) is 1. The molecule has 24 heavy (non-hydrogen) atoms. The van der Waals surface area contributed by atoms with Gasteiger partial charge in [-0.2, -0.15) is 0 Å². The van der Waals surface area contributed by atoms with Gasteiger partial charge in [0.25, 0.3) is 5.91 Å². The van der Waals surface area contributed by atoms with E-state index >= 15 is 0 Å². The molecule has 126 valence electrons. The second-order valence-electron chi connectivity index (χ2n) is 7.06. The van der Waals surface area contributed by atoms with Crippen LogP contribution in [-0.4, -0.2) is 23.7 Å². The van der Waals surface area contributed by atoms with E-state index in [4.69, 9.17) is 4.74 Å². The Morgan fingerprint density at radius 3 is 2.71 bits per heavy atom. The number of aromatic nitrogens is 1. The lowest BCUT2D eigenvalue weighted by Crippen LogP contribution is -2.26. The van der Waals surface area contributed by atoms with Crippen molar-refractivity contribution in [2.75, 3.05) is 13.2 Å². The molecule has 1 aromatic heterocycles. The molecular formula is C20H24N2O2. The number of rotatable bonds is 5. The Hall–Kier alpha value is -2.07. The maximum absolute atomic E-state index is 12.6. The predicted molar refractivity (Wildman–Crippen MR) is 93.3 cm³/mol. The van der Waals surface area contributed by atoms with Crippen LogP contribution in [0.15, 0.2) is 30.3 Å². The smallest absolute Gasteiger partial charge is 0.253 e. The highest BCUT2D eigenvalue weighted by Gasteiger charge is 2.28. The molecule has 2 aliphatic rings. The Bertz CT molecular complexity index is 770. The normalized spacial score (nSPS) is 17.6. The zero-order chi connectivity index (χ0) is 16.7. The zero-order valence-electron chi connectivity index (χ0n) is 14.3. The second kappa shape index (κ2) is 6.10. The first kappa shape index (κ1) is 15.5. The topological polar surface area (TPSA) is 43.3 Å². The summed E-state index contributed by atoms with van der Waals surface area (Å²) in [6.45, 7) is 4.21. The molecule has 0 bridgehead atoms. The Kier molecular flexibility index (Phi) is 3.93. The molecule has 1 saturated heterocycles. The largest absolute Gasteiger partial charge is 0.380 e. The van der Waals surface area contributed by atoms with Gasteiger partial charge in [-0.05, 0) is 42.9 Å². The van der Waals surface area contributed by atoms with E-state index in [0.717, 1.165) is 30.0 Å². The first-order valence-corrected chi connectivity index (χ1v) is 8.74. The van der Waals surface area contributed by atoms with Crippen molar-refractivity contribution in [1.29, 1.82) is 0 Å². The fraction of sp³-hybridized carbons (Fsp3) is 0.450. The van der Waals surface area contributed by atoms with Gasteiger partial charge in [0, 0.05) is 30.9 Å². The maximum Gasteiger partial charge on any atom is 0.253 e. The summed E-state index contributed by atoms with van der Waals surface area (Å²) >= 11 is 0. The molecule has 1 aromatic carbocycles. The molecule has 1 amide bonds. The van der Waals surface area contributed by atoms with Gasteiger partial charge in [-0.3, -0.25) is 4.79 Å². The van der Waals surface area contributed by atoms with Crippen LogP contribution in [0.2, 0.25) is 0 Å². The summed E-state index contributed by atoms with van der Waals surface area (Å²) in [4.78, 5) is 12.6. The SMILES string of the molecule is Cc1c(C(=O)NCc2cccc(C3COC3)c2)cc(C2CC2)n1C. The summed E-state index contributed by atoms with van der Waals surface area (Å²) in [5.41, 5.74) is 5.60. The Labute approximate surface area is 142 Å². The van der Waals surface area contributed by atoms with Crippen molar-refractivity contribution in [3.63, 3.8) is 0 Å². The molecule has 4 rings (SSSR count). The van der Waals surface area contributed by atoms with E-state index in [2.05, 4.69) is 47.3 Å². The molecule has 2 aromatic rings. The predicted octanol–water partition coefficient (Wildman–Crippen LogP) is 3.25. The number of hydrogen-bond acceptors (Lipinski definition) is 2. The van der Waals surface area contributed by atoms with E-state index < -0.39 is 0 Å². The Balaban J connectivity index is 1.44. The number of nitrogens with one attached hydrogen (secondary N) is 1. The van der Waals surface area contributed by atoms with Crippen LogP contribution in [0.5, 0.6) is 0 Å². The molecule has 0 unspecified atom stereocenters. The quantitative estimate of drug-likeness (QED) is 0.917. The lowest BCUT2D eigenvalue weighted by molar-refractivity contribution is 0.00839. The fourth-order valence-electron chi connectivity index (χ4n) is 3.39. The van der Waals surface area contributed by atoms with Crippen LogP contribution in [0.4, 0.5) is 0 Å². The molecule has 0 radical (unpaired) electrons. The van der Waals surface area contributed by atoms with Gasteiger partial charge in [-0.15, -0.1) is 0 Å². The van der Waals surface area contributed by atoms with Crippen LogP contribution in [0, 0.1) is 6.92 Å². The molecule has 1 saturated carbocycles. The minimum Gasteiger partial charge on any atom is -0.380 e. The van der Waals surface area contributed by atoms with Crippen molar-refractivity contribution in [3.8, 4) is 0 Å². The van der Waals surface area contributed by atoms with Crippen LogP contribution in [0.3, 0.4) is 0 Å². The third-order valence-electron chi connectivity index (χ3n) is 5.33. The number of nitrogens with zero attached hydrogens (tertiary/aromatic N) is 1. The molecule has 0 atom stereocenters. The van der Waals surface area contributed by atoms with E-state index in [9.17, 15) is 4.79 Å². The van der Waals surface area contributed by atoms with Crippen molar-refractivity contribution in [3.05, 3.63) is 58.4 Å². The minimum atomic E-state index is 0.0207. The van der Waals surface area contributed by atoms with Gasteiger partial charge in [0.05, 0.1) is 18.8 Å². The van der Waals surface area contributed by atoms with Crippen LogP contribution in [0.25, 0.3) is 0 Å². The van der Waals surface area contributed by atoms with E-state index in [-0.39, 0.29) is 5.91 Å². The van der Waals surface area contributed by atoms with E-state index in [1.807, 2.05) is 6.92 Å². The van der Waals surface area contributed by atoms with Gasteiger partial charge in [-0.25, -0.2) is 0 Å². The second-order valence-corrected chi connectivity index (χ2v) is 7.06. The average molecular weight is 324 g/mol. The van der Waals surface area contributed by atoms with Gasteiger partial charge in [0.2, 0.25) is 0 Å². The maximum atomic E-state index is 12.6. The van der Waals surface area contributed by atoms with Gasteiger partial charge in [0.1, 0.15) is 0 Å². The summed E-state index contributed by atoms with van der Waals surface area (Å²) < 4.78 is 7.43. The van der Waals surface area contributed by atoms with Gasteiger partial charge < -0.3 is 14.6 Å². The van der Waals surface area contributed by atoms with Crippen molar-refractivity contribution in [2.45, 2.75) is 38.1 Å². The molecular weight excluding hydrogens is 300 g/mol. The van der Waals surface area contributed by atoms with Gasteiger partial charge in [0.15, 0.2) is 0 Å². The van der Waals surface area contributed by atoms with E-state index in [0.29, 0.717) is 18.4 Å². The zero-order valence-corrected chi connectivity index (χ0v) is 14.3. The van der Waals surface area contributed by atoms with Crippen LogP contribution in [-0.2, 0) is 18.3 Å². The summed E-state index contributed by atoms with van der Waals surface area (Å²) in [6.07, 6.45) is 2.49. The Morgan fingerprint density at radius 2 is 2.04 bits per heavy atom. The van der Waals surface area contributed by atoms with Crippen molar-refractivity contribution in [1.82, 2.24) is 9.88 Å². The summed E-state index contributed by atoms with van der Waals surface area (Å²) in [5, 5.41) is 3.07. The third kappa shape index (κ3) is 2.86. The number of carbonyl (C=O) groups is 1. The van der Waals surface area contributed by atoms with Gasteiger partial charge in [-0.1, -0.05) is 24.3 Å². The molecule has 2 fully saturated rings. The first-order chi connectivity index (χ1) is 11.6. The van der Waals surface area contributed by atoms with Crippen LogP contribution in [0.1, 0.15) is 57.6 Å². The van der Waals surface area contributed by atoms with E-state index in [1.165, 1.54) is 24.1 Å². The summed E-state index contributed by atoms with van der Waals surface area (Å²) in [7, 11) is 2.06. The van der Waals surface area contributed by atoms with E-state index in [1.54, 1.807) is 0 Å². The lowest BCUT2D eigenvalue weighted by atomic mass is 9.96. The number of amides is 1. The Morgan fingerprint density at radius 1 is 1.25 bits per heavy atom. The molecule has 1 aliphatic carbocycles. The van der Waals surface area contributed by atoms with Crippen molar-refractivity contribution < 1.29 is 9.53 Å². The summed E-state index contributed by atoms with van der Waals surface area (Å²) in [5.74, 6) is 1.18. The standard InChI is InChI=1S/C20H24N2O2/c1-13-18(9-19(22(13)2)15-6-7-15)20(23)21-10-14-4-3-5-16(8-14)17-11-24-12-17/h3-5,8-9,15,17H,6-7,10-12H2,1-2H3,(H,21,23). The number of ether oxygens (including phenoxy) is 1. The van der Waals surface area contributed by atoms with Crippen LogP contribution >= 0.6 is 0 Å². The summed E-state index contributed by atoms with van der Waals surface area (Å²) in [6, 6.07) is 10.5. The molecule has 4 nitrogen and oxygen atoms in total. The van der Waals surface area contributed by atoms with Crippen LogP contribution < -0.4 is 5.32 Å². The highest BCUT2D eigenvalue weighted by Crippen LogP contribution is 2.41. The first-order valence-electron chi connectivity index (χ1n) is 8.74. The third-order valence-corrected chi connectivity index (χ3v) is 5.33. The van der Waals surface area contributed by atoms with Crippen molar-refractivity contribution in [2.24, 2.45) is 7.05 Å². The fourth-order valence-corrected chi connectivity index (χ4v) is 3.39. The lowest BCUT2D eigenvalue weighted by Gasteiger charge is -2.26.